The third kappa shape index (κ3) is 3.33. The average molecular weight is 296 g/mol. The smallest absolute Gasteiger partial charge is 0.241 e. The maximum atomic E-state index is 12.5. The summed E-state index contributed by atoms with van der Waals surface area (Å²) >= 11 is 0. The topological polar surface area (TPSA) is 72.2 Å². The van der Waals surface area contributed by atoms with E-state index < -0.39 is 10.0 Å². The monoisotopic (exact) mass is 296 g/mol. The molecule has 0 atom stereocenters. The second-order valence-corrected chi connectivity index (χ2v) is 7.40. The number of hydrogen-bond acceptors (Lipinski definition) is 3. The average Bonchev–Trinajstić information content (AvgIpc) is 2.42. The molecule has 112 valence electrons. The number of hydrogen-bond donors (Lipinski definition) is 2. The molecule has 1 aromatic carbocycles. The van der Waals surface area contributed by atoms with Gasteiger partial charge in [0.2, 0.25) is 10.0 Å². The van der Waals surface area contributed by atoms with Crippen LogP contribution >= 0.6 is 0 Å². The highest BCUT2D eigenvalue weighted by molar-refractivity contribution is 7.89. The first-order chi connectivity index (χ1) is 9.44. The van der Waals surface area contributed by atoms with Crippen LogP contribution in [0.25, 0.3) is 0 Å². The Labute approximate surface area is 121 Å². The van der Waals surface area contributed by atoms with E-state index in [9.17, 15) is 8.42 Å². The molecule has 20 heavy (non-hydrogen) atoms. The van der Waals surface area contributed by atoms with Gasteiger partial charge in [-0.2, -0.15) is 0 Å². The minimum atomic E-state index is -3.47. The number of benzene rings is 1. The molecule has 1 aromatic rings. The van der Waals surface area contributed by atoms with Gasteiger partial charge >= 0.3 is 0 Å². The van der Waals surface area contributed by atoms with Gasteiger partial charge in [0.1, 0.15) is 0 Å². The second-order valence-electron chi connectivity index (χ2n) is 5.72. The standard InChI is InChI=1S/C15H24N2O2S/c1-3-12-7-9-13(10-8-12)17-20(18,19)15-6-4-5-14(16)11(15)2/h4-6,12-13,17H,3,7-10,16H2,1-2H3. The number of nitrogens with one attached hydrogen (secondary N) is 1. The summed E-state index contributed by atoms with van der Waals surface area (Å²) in [7, 11) is -3.47. The van der Waals surface area contributed by atoms with Crippen LogP contribution in [0, 0.1) is 12.8 Å². The van der Waals surface area contributed by atoms with E-state index in [1.807, 2.05) is 0 Å². The molecule has 0 bridgehead atoms. The van der Waals surface area contributed by atoms with Crippen molar-refractivity contribution in [2.45, 2.75) is 56.9 Å². The van der Waals surface area contributed by atoms with E-state index in [1.165, 1.54) is 6.42 Å². The van der Waals surface area contributed by atoms with Crippen LogP contribution in [-0.2, 0) is 10.0 Å². The van der Waals surface area contributed by atoms with Crippen molar-refractivity contribution in [3.63, 3.8) is 0 Å². The highest BCUT2D eigenvalue weighted by Gasteiger charge is 2.26. The van der Waals surface area contributed by atoms with Gasteiger partial charge in [0, 0.05) is 11.7 Å². The molecule has 4 nitrogen and oxygen atoms in total. The number of rotatable bonds is 4. The van der Waals surface area contributed by atoms with Crippen molar-refractivity contribution < 1.29 is 8.42 Å². The molecule has 1 saturated carbocycles. The summed E-state index contributed by atoms with van der Waals surface area (Å²) in [6.45, 7) is 3.95. The minimum Gasteiger partial charge on any atom is -0.398 e. The zero-order valence-corrected chi connectivity index (χ0v) is 13.0. The number of nitrogens with two attached hydrogens (primary N) is 1. The van der Waals surface area contributed by atoms with E-state index in [0.29, 0.717) is 16.1 Å². The Morgan fingerprint density at radius 1 is 1.25 bits per heavy atom. The Bertz CT molecular complexity index is 561. The van der Waals surface area contributed by atoms with Crippen molar-refractivity contribution in [2.75, 3.05) is 5.73 Å². The van der Waals surface area contributed by atoms with Crippen molar-refractivity contribution in [3.8, 4) is 0 Å². The van der Waals surface area contributed by atoms with Crippen LogP contribution < -0.4 is 10.5 Å². The summed E-state index contributed by atoms with van der Waals surface area (Å²) in [5.41, 5.74) is 6.94. The van der Waals surface area contributed by atoms with Crippen LogP contribution in [0.3, 0.4) is 0 Å². The largest absolute Gasteiger partial charge is 0.398 e. The van der Waals surface area contributed by atoms with Gasteiger partial charge in [-0.1, -0.05) is 19.4 Å². The molecule has 1 aliphatic rings. The SMILES string of the molecule is CCC1CCC(NS(=O)(=O)c2cccc(N)c2C)CC1. The Kier molecular flexibility index (Phi) is 4.70. The molecule has 0 saturated heterocycles. The Balaban J connectivity index is 2.10. The first-order valence-electron chi connectivity index (χ1n) is 7.31. The van der Waals surface area contributed by atoms with Crippen LogP contribution in [0.5, 0.6) is 0 Å². The van der Waals surface area contributed by atoms with Gasteiger partial charge in [-0.15, -0.1) is 0 Å². The molecule has 0 aromatic heterocycles. The van der Waals surface area contributed by atoms with Gasteiger partial charge in [-0.3, -0.25) is 0 Å². The van der Waals surface area contributed by atoms with Crippen LogP contribution in [-0.4, -0.2) is 14.5 Å². The lowest BCUT2D eigenvalue weighted by Crippen LogP contribution is -2.37. The number of anilines is 1. The molecule has 0 aliphatic heterocycles. The van der Waals surface area contributed by atoms with Gasteiger partial charge < -0.3 is 5.73 Å². The van der Waals surface area contributed by atoms with Crippen LogP contribution in [0.2, 0.25) is 0 Å². The van der Waals surface area contributed by atoms with E-state index in [1.54, 1.807) is 25.1 Å². The lowest BCUT2D eigenvalue weighted by molar-refractivity contribution is 0.306. The van der Waals surface area contributed by atoms with Gasteiger partial charge in [0.25, 0.3) is 0 Å². The van der Waals surface area contributed by atoms with Crippen LogP contribution in [0.4, 0.5) is 5.69 Å². The van der Waals surface area contributed by atoms with E-state index in [2.05, 4.69) is 11.6 Å². The zero-order chi connectivity index (χ0) is 14.8. The molecule has 1 fully saturated rings. The summed E-state index contributed by atoms with van der Waals surface area (Å²) < 4.78 is 27.8. The van der Waals surface area contributed by atoms with Crippen LogP contribution in [0.1, 0.15) is 44.6 Å². The fraction of sp³-hybridized carbons (Fsp3) is 0.600. The summed E-state index contributed by atoms with van der Waals surface area (Å²) in [6.07, 6.45) is 5.27. The fourth-order valence-electron chi connectivity index (χ4n) is 2.89. The lowest BCUT2D eigenvalue weighted by Gasteiger charge is -2.28. The molecule has 0 radical (unpaired) electrons. The first kappa shape index (κ1) is 15.3. The second kappa shape index (κ2) is 6.14. The van der Waals surface area contributed by atoms with E-state index >= 15 is 0 Å². The lowest BCUT2D eigenvalue weighted by atomic mass is 9.85. The van der Waals surface area contributed by atoms with Gasteiger partial charge in [-0.25, -0.2) is 13.1 Å². The number of nitrogen functional groups attached to an aromatic ring is 1. The van der Waals surface area contributed by atoms with Gasteiger partial charge in [-0.05, 0) is 56.2 Å². The molecule has 2 rings (SSSR count). The summed E-state index contributed by atoms with van der Waals surface area (Å²) in [6, 6.07) is 5.08. The van der Waals surface area contributed by atoms with Crippen molar-refractivity contribution in [3.05, 3.63) is 23.8 Å². The third-order valence-electron chi connectivity index (χ3n) is 4.36. The van der Waals surface area contributed by atoms with Crippen molar-refractivity contribution >= 4 is 15.7 Å². The molecule has 0 heterocycles. The normalized spacial score (nSPS) is 23.7. The van der Waals surface area contributed by atoms with E-state index in [0.717, 1.165) is 31.6 Å². The van der Waals surface area contributed by atoms with E-state index in [-0.39, 0.29) is 6.04 Å². The minimum absolute atomic E-state index is 0.0589. The summed E-state index contributed by atoms with van der Waals surface area (Å²) in [5, 5.41) is 0. The molecule has 1 aliphatic carbocycles. The van der Waals surface area contributed by atoms with Crippen LogP contribution in [0.15, 0.2) is 23.1 Å². The van der Waals surface area contributed by atoms with Crippen molar-refractivity contribution in [2.24, 2.45) is 5.92 Å². The number of sulfonamides is 1. The highest BCUT2D eigenvalue weighted by Crippen LogP contribution is 2.28. The Morgan fingerprint density at radius 2 is 1.90 bits per heavy atom. The highest BCUT2D eigenvalue weighted by atomic mass is 32.2. The maximum Gasteiger partial charge on any atom is 0.241 e. The van der Waals surface area contributed by atoms with Gasteiger partial charge in [0.05, 0.1) is 4.90 Å². The molecule has 0 spiro atoms. The third-order valence-corrected chi connectivity index (χ3v) is 6.03. The predicted octanol–water partition coefficient (Wildman–Crippen LogP) is 2.82. The quantitative estimate of drug-likeness (QED) is 0.839. The molecule has 5 heteroatoms. The maximum absolute atomic E-state index is 12.5. The molecule has 0 amide bonds. The molecule has 3 N–H and O–H groups in total. The Morgan fingerprint density at radius 3 is 2.50 bits per heavy atom. The predicted molar refractivity (Wildman–Crippen MR) is 81.9 cm³/mol. The van der Waals surface area contributed by atoms with Gasteiger partial charge in [0.15, 0.2) is 0 Å². The molecular weight excluding hydrogens is 272 g/mol. The molecule has 0 unspecified atom stereocenters. The summed E-state index contributed by atoms with van der Waals surface area (Å²) in [4.78, 5) is 0.301. The summed E-state index contributed by atoms with van der Waals surface area (Å²) in [5.74, 6) is 0.754. The van der Waals surface area contributed by atoms with Crippen molar-refractivity contribution in [1.29, 1.82) is 0 Å². The molecular formula is C15H24N2O2S. The van der Waals surface area contributed by atoms with Crippen molar-refractivity contribution in [1.82, 2.24) is 4.72 Å². The zero-order valence-electron chi connectivity index (χ0n) is 12.2. The first-order valence-corrected chi connectivity index (χ1v) is 8.79. The Hall–Kier alpha value is -1.07. The fourth-order valence-corrected chi connectivity index (χ4v) is 4.47. The van der Waals surface area contributed by atoms with E-state index in [4.69, 9.17) is 5.73 Å².